The van der Waals surface area contributed by atoms with Crippen molar-refractivity contribution in [3.8, 4) is 5.88 Å². The van der Waals surface area contributed by atoms with Crippen LogP contribution in [0, 0.1) is 5.82 Å². The van der Waals surface area contributed by atoms with E-state index in [1.165, 1.54) is 31.4 Å². The molecule has 1 aliphatic heterocycles. The van der Waals surface area contributed by atoms with Gasteiger partial charge in [0.25, 0.3) is 5.91 Å². The zero-order valence-electron chi connectivity index (χ0n) is 13.5. The number of rotatable bonds is 4. The summed E-state index contributed by atoms with van der Waals surface area (Å²) in [4.78, 5) is 16.2. The van der Waals surface area contributed by atoms with Crippen LogP contribution in [-0.2, 0) is 4.74 Å². The lowest BCUT2D eigenvalue weighted by Gasteiger charge is -2.24. The lowest BCUT2D eigenvalue weighted by atomic mass is 10.1. The molecule has 1 aromatic heterocycles. The molecule has 1 amide bonds. The van der Waals surface area contributed by atoms with Crippen LogP contribution < -0.4 is 15.4 Å². The first-order chi connectivity index (χ1) is 12.1. The molecule has 1 fully saturated rings. The zero-order valence-corrected chi connectivity index (χ0v) is 14.3. The van der Waals surface area contributed by atoms with Crippen LogP contribution in [0.5, 0.6) is 5.88 Å². The first-order valence-corrected chi connectivity index (χ1v) is 8.09. The van der Waals surface area contributed by atoms with Crippen LogP contribution >= 0.6 is 11.6 Å². The second kappa shape index (κ2) is 7.77. The second-order valence-corrected chi connectivity index (χ2v) is 5.87. The number of hydrogen-bond donors (Lipinski definition) is 2. The first kappa shape index (κ1) is 17.6. The predicted molar refractivity (Wildman–Crippen MR) is 91.7 cm³/mol. The number of benzene rings is 1. The van der Waals surface area contributed by atoms with Gasteiger partial charge >= 0.3 is 0 Å². The molecule has 1 saturated heterocycles. The van der Waals surface area contributed by atoms with Crippen molar-refractivity contribution in [1.29, 1.82) is 0 Å². The van der Waals surface area contributed by atoms with Gasteiger partial charge in [-0.15, -0.1) is 0 Å². The third-order valence-corrected chi connectivity index (χ3v) is 3.98. The van der Waals surface area contributed by atoms with Crippen molar-refractivity contribution in [3.63, 3.8) is 0 Å². The Balaban J connectivity index is 1.76. The van der Waals surface area contributed by atoms with Crippen molar-refractivity contribution in [2.45, 2.75) is 6.10 Å². The molecule has 0 bridgehead atoms. The summed E-state index contributed by atoms with van der Waals surface area (Å²) in [5, 5.41) is 5.83. The molecular weight excluding hydrogens is 349 g/mol. The Morgan fingerprint density at radius 2 is 2.28 bits per heavy atom. The predicted octanol–water partition coefficient (Wildman–Crippen LogP) is 2.80. The normalized spacial score (nSPS) is 17.2. The van der Waals surface area contributed by atoms with Crippen molar-refractivity contribution in [1.82, 2.24) is 10.3 Å². The molecule has 1 atom stereocenters. The van der Waals surface area contributed by atoms with Gasteiger partial charge in [-0.3, -0.25) is 4.79 Å². The molecule has 2 N–H and O–H groups in total. The van der Waals surface area contributed by atoms with Crippen LogP contribution in [0.25, 0.3) is 0 Å². The SMILES string of the molecule is COc1cc(C(=O)Nc2ccc([C@@H]3CNCCO3)cc2F)cc(Cl)n1. The molecular formula is C17H17ClFN3O3. The number of nitrogens with zero attached hydrogens (tertiary/aromatic N) is 1. The summed E-state index contributed by atoms with van der Waals surface area (Å²) in [6, 6.07) is 7.42. The van der Waals surface area contributed by atoms with Gasteiger partial charge in [0, 0.05) is 24.7 Å². The summed E-state index contributed by atoms with van der Waals surface area (Å²) in [6.45, 7) is 1.99. The van der Waals surface area contributed by atoms with E-state index in [0.717, 1.165) is 12.1 Å². The summed E-state index contributed by atoms with van der Waals surface area (Å²) >= 11 is 5.85. The van der Waals surface area contributed by atoms with Gasteiger partial charge in [-0.1, -0.05) is 17.7 Å². The lowest BCUT2D eigenvalue weighted by Crippen LogP contribution is -2.33. The van der Waals surface area contributed by atoms with E-state index in [9.17, 15) is 9.18 Å². The molecule has 0 saturated carbocycles. The fourth-order valence-electron chi connectivity index (χ4n) is 2.52. The van der Waals surface area contributed by atoms with Gasteiger partial charge in [0.2, 0.25) is 5.88 Å². The number of ether oxygens (including phenoxy) is 2. The molecule has 8 heteroatoms. The molecule has 2 heterocycles. The van der Waals surface area contributed by atoms with E-state index in [1.807, 2.05) is 0 Å². The fraction of sp³-hybridized carbons (Fsp3) is 0.294. The topological polar surface area (TPSA) is 72.5 Å². The van der Waals surface area contributed by atoms with E-state index >= 15 is 0 Å². The minimum absolute atomic E-state index is 0.0735. The van der Waals surface area contributed by atoms with E-state index in [4.69, 9.17) is 21.1 Å². The van der Waals surface area contributed by atoms with Crippen molar-refractivity contribution in [2.24, 2.45) is 0 Å². The molecule has 3 rings (SSSR count). The molecule has 0 aliphatic carbocycles. The number of pyridine rings is 1. The van der Waals surface area contributed by atoms with Crippen molar-refractivity contribution >= 4 is 23.2 Å². The number of halogens is 2. The quantitative estimate of drug-likeness (QED) is 0.815. The van der Waals surface area contributed by atoms with E-state index in [-0.39, 0.29) is 28.4 Å². The fourth-order valence-corrected chi connectivity index (χ4v) is 2.72. The number of nitrogens with one attached hydrogen (secondary N) is 2. The molecule has 1 aliphatic rings. The molecule has 132 valence electrons. The minimum atomic E-state index is -0.535. The number of carbonyl (C=O) groups is 1. The van der Waals surface area contributed by atoms with Crippen molar-refractivity contribution < 1.29 is 18.7 Å². The second-order valence-electron chi connectivity index (χ2n) is 5.48. The number of carbonyl (C=O) groups excluding carboxylic acids is 1. The molecule has 25 heavy (non-hydrogen) atoms. The van der Waals surface area contributed by atoms with Gasteiger partial charge in [-0.2, -0.15) is 0 Å². The number of amides is 1. The summed E-state index contributed by atoms with van der Waals surface area (Å²) in [5.74, 6) is -0.840. The van der Waals surface area contributed by atoms with Gasteiger partial charge < -0.3 is 20.1 Å². The van der Waals surface area contributed by atoms with Crippen LogP contribution in [0.3, 0.4) is 0 Å². The standard InChI is InChI=1S/C17H17ClFN3O3/c1-24-16-8-11(7-15(18)22-16)17(23)21-13-3-2-10(6-12(13)19)14-9-20-4-5-25-14/h2-3,6-8,14,20H,4-5,9H2,1H3,(H,21,23)/t14-/m0/s1. The zero-order chi connectivity index (χ0) is 17.8. The van der Waals surface area contributed by atoms with Gasteiger partial charge in [0.05, 0.1) is 25.5 Å². The monoisotopic (exact) mass is 365 g/mol. The third kappa shape index (κ3) is 4.25. The Morgan fingerprint density at radius 3 is 2.96 bits per heavy atom. The maximum atomic E-state index is 14.4. The number of aromatic nitrogens is 1. The summed E-state index contributed by atoms with van der Waals surface area (Å²) in [6.07, 6.45) is -0.198. The van der Waals surface area contributed by atoms with Gasteiger partial charge in [0.1, 0.15) is 11.0 Å². The smallest absolute Gasteiger partial charge is 0.256 e. The largest absolute Gasteiger partial charge is 0.481 e. The average molecular weight is 366 g/mol. The number of methoxy groups -OCH3 is 1. The number of morpholine rings is 1. The van der Waals surface area contributed by atoms with Gasteiger partial charge in [-0.05, 0) is 23.8 Å². The third-order valence-electron chi connectivity index (χ3n) is 3.78. The molecule has 0 spiro atoms. The van der Waals surface area contributed by atoms with Gasteiger partial charge in [0.15, 0.2) is 0 Å². The highest BCUT2D eigenvalue weighted by Gasteiger charge is 2.18. The van der Waals surface area contributed by atoms with Crippen LogP contribution in [-0.4, -0.2) is 37.7 Å². The lowest BCUT2D eigenvalue weighted by molar-refractivity contribution is 0.0275. The molecule has 0 unspecified atom stereocenters. The van der Waals surface area contributed by atoms with Crippen LogP contribution in [0.1, 0.15) is 22.0 Å². The van der Waals surface area contributed by atoms with Crippen molar-refractivity contribution in [3.05, 3.63) is 52.4 Å². The minimum Gasteiger partial charge on any atom is -0.481 e. The number of hydrogen-bond acceptors (Lipinski definition) is 5. The van der Waals surface area contributed by atoms with Crippen LogP contribution in [0.4, 0.5) is 10.1 Å². The van der Waals surface area contributed by atoms with Crippen molar-refractivity contribution in [2.75, 3.05) is 32.1 Å². The Labute approximate surface area is 149 Å². The average Bonchev–Trinajstić information content (AvgIpc) is 2.63. The summed E-state index contributed by atoms with van der Waals surface area (Å²) < 4.78 is 24.9. The number of anilines is 1. The van der Waals surface area contributed by atoms with E-state index in [2.05, 4.69) is 15.6 Å². The highest BCUT2D eigenvalue weighted by molar-refractivity contribution is 6.30. The van der Waals surface area contributed by atoms with E-state index in [0.29, 0.717) is 13.2 Å². The molecule has 1 aromatic carbocycles. The maximum absolute atomic E-state index is 14.4. The maximum Gasteiger partial charge on any atom is 0.256 e. The first-order valence-electron chi connectivity index (χ1n) is 7.71. The molecule has 0 radical (unpaired) electrons. The molecule has 2 aromatic rings. The highest BCUT2D eigenvalue weighted by Crippen LogP contribution is 2.24. The van der Waals surface area contributed by atoms with Crippen LogP contribution in [0.15, 0.2) is 30.3 Å². The Kier molecular flexibility index (Phi) is 5.47. The van der Waals surface area contributed by atoms with E-state index < -0.39 is 11.7 Å². The van der Waals surface area contributed by atoms with Gasteiger partial charge in [-0.25, -0.2) is 9.37 Å². The summed E-state index contributed by atoms with van der Waals surface area (Å²) in [5.41, 5.74) is 1.01. The Hall–Kier alpha value is -2.22. The van der Waals surface area contributed by atoms with Crippen LogP contribution in [0.2, 0.25) is 5.15 Å². The molecule has 6 nitrogen and oxygen atoms in total. The Bertz CT molecular complexity index is 782. The van der Waals surface area contributed by atoms with E-state index in [1.54, 1.807) is 6.07 Å². The Morgan fingerprint density at radius 1 is 1.44 bits per heavy atom. The highest BCUT2D eigenvalue weighted by atomic mass is 35.5. The summed E-state index contributed by atoms with van der Waals surface area (Å²) in [7, 11) is 1.42.